The lowest BCUT2D eigenvalue weighted by atomic mass is 10.1. The van der Waals surface area contributed by atoms with Crippen LogP contribution in [0.4, 0.5) is 4.39 Å². The molecule has 2 N–H and O–H groups in total. The highest BCUT2D eigenvalue weighted by molar-refractivity contribution is 5.94. The van der Waals surface area contributed by atoms with E-state index in [0.717, 1.165) is 24.2 Å². The fourth-order valence-electron chi connectivity index (χ4n) is 3.06. The second-order valence-electron chi connectivity index (χ2n) is 6.16. The molecule has 0 saturated carbocycles. The molecule has 1 aromatic carbocycles. The number of aryl methyl sites for hydroxylation is 2. The van der Waals surface area contributed by atoms with Gasteiger partial charge in [-0.25, -0.2) is 9.07 Å². The van der Waals surface area contributed by atoms with Gasteiger partial charge in [0, 0.05) is 30.4 Å². The summed E-state index contributed by atoms with van der Waals surface area (Å²) < 4.78 is 16.0. The SMILES string of the molecule is Cc1cc(C)n(-c2ccc(C(=O)N3CCC[C@H](N)C3)cc2F)n1. The minimum atomic E-state index is -0.455. The third kappa shape index (κ3) is 3.12. The quantitative estimate of drug-likeness (QED) is 0.924. The second kappa shape index (κ2) is 6.12. The van der Waals surface area contributed by atoms with Crippen molar-refractivity contribution in [3.8, 4) is 5.69 Å². The maximum atomic E-state index is 14.5. The van der Waals surface area contributed by atoms with Gasteiger partial charge in [-0.05, 0) is 51.0 Å². The lowest BCUT2D eigenvalue weighted by molar-refractivity contribution is 0.0708. The summed E-state index contributed by atoms with van der Waals surface area (Å²) in [4.78, 5) is 14.2. The van der Waals surface area contributed by atoms with E-state index in [9.17, 15) is 9.18 Å². The number of rotatable bonds is 2. The predicted molar refractivity (Wildman–Crippen MR) is 86.1 cm³/mol. The molecule has 1 aliphatic rings. The first-order chi connectivity index (χ1) is 11.0. The van der Waals surface area contributed by atoms with Gasteiger partial charge in [-0.1, -0.05) is 0 Å². The molecule has 0 radical (unpaired) electrons. The first-order valence-electron chi connectivity index (χ1n) is 7.84. The van der Waals surface area contributed by atoms with Crippen molar-refractivity contribution in [1.29, 1.82) is 0 Å². The van der Waals surface area contributed by atoms with Crippen molar-refractivity contribution in [2.24, 2.45) is 5.73 Å². The molecule has 6 heteroatoms. The molecule has 0 unspecified atom stereocenters. The van der Waals surface area contributed by atoms with Gasteiger partial charge in [0.2, 0.25) is 0 Å². The van der Waals surface area contributed by atoms with Crippen molar-refractivity contribution in [1.82, 2.24) is 14.7 Å². The Morgan fingerprint density at radius 3 is 2.74 bits per heavy atom. The number of nitrogens with zero attached hydrogens (tertiary/aromatic N) is 3. The van der Waals surface area contributed by atoms with E-state index >= 15 is 0 Å². The minimum absolute atomic E-state index is 0.00604. The van der Waals surface area contributed by atoms with Gasteiger partial charge in [0.15, 0.2) is 0 Å². The molecule has 23 heavy (non-hydrogen) atoms. The molecule has 0 bridgehead atoms. The van der Waals surface area contributed by atoms with Crippen molar-refractivity contribution >= 4 is 5.91 Å². The summed E-state index contributed by atoms with van der Waals surface area (Å²) in [6.45, 7) is 4.93. The number of hydrogen-bond acceptors (Lipinski definition) is 3. The second-order valence-corrected chi connectivity index (χ2v) is 6.16. The van der Waals surface area contributed by atoms with E-state index in [2.05, 4.69) is 5.10 Å². The summed E-state index contributed by atoms with van der Waals surface area (Å²) in [5.41, 5.74) is 8.28. The molecule has 0 aliphatic carbocycles. The number of amides is 1. The number of nitrogens with two attached hydrogens (primary N) is 1. The molecule has 1 amide bonds. The van der Waals surface area contributed by atoms with E-state index < -0.39 is 5.82 Å². The number of carbonyl (C=O) groups is 1. The van der Waals surface area contributed by atoms with Gasteiger partial charge < -0.3 is 10.6 Å². The van der Waals surface area contributed by atoms with Crippen LogP contribution in [-0.4, -0.2) is 39.7 Å². The van der Waals surface area contributed by atoms with Crippen LogP contribution in [-0.2, 0) is 0 Å². The van der Waals surface area contributed by atoms with Crippen LogP contribution in [0.15, 0.2) is 24.3 Å². The molecule has 1 atom stereocenters. The van der Waals surface area contributed by atoms with E-state index in [-0.39, 0.29) is 11.9 Å². The summed E-state index contributed by atoms with van der Waals surface area (Å²) in [5.74, 6) is -0.623. The summed E-state index contributed by atoms with van der Waals surface area (Å²) in [7, 11) is 0. The first kappa shape index (κ1) is 15.7. The number of halogens is 1. The van der Waals surface area contributed by atoms with Crippen LogP contribution >= 0.6 is 0 Å². The Bertz CT molecular complexity index is 740. The highest BCUT2D eigenvalue weighted by Gasteiger charge is 2.23. The van der Waals surface area contributed by atoms with Gasteiger partial charge in [0.25, 0.3) is 5.91 Å². The van der Waals surface area contributed by atoms with Crippen LogP contribution in [0.2, 0.25) is 0 Å². The van der Waals surface area contributed by atoms with Gasteiger partial charge in [-0.2, -0.15) is 5.10 Å². The van der Waals surface area contributed by atoms with Crippen molar-refractivity contribution in [2.45, 2.75) is 32.7 Å². The number of benzene rings is 1. The van der Waals surface area contributed by atoms with Crippen molar-refractivity contribution < 1.29 is 9.18 Å². The summed E-state index contributed by atoms with van der Waals surface area (Å²) in [6, 6.07) is 6.43. The topological polar surface area (TPSA) is 64.2 Å². The van der Waals surface area contributed by atoms with Gasteiger partial charge in [0.1, 0.15) is 11.5 Å². The first-order valence-corrected chi connectivity index (χ1v) is 7.84. The van der Waals surface area contributed by atoms with Gasteiger partial charge in [0.05, 0.1) is 5.69 Å². The van der Waals surface area contributed by atoms with Crippen LogP contribution in [0.5, 0.6) is 0 Å². The largest absolute Gasteiger partial charge is 0.337 e. The van der Waals surface area contributed by atoms with Crippen LogP contribution < -0.4 is 5.73 Å². The fourth-order valence-corrected chi connectivity index (χ4v) is 3.06. The number of likely N-dealkylation sites (tertiary alicyclic amines) is 1. The molecule has 5 nitrogen and oxygen atoms in total. The highest BCUT2D eigenvalue weighted by atomic mass is 19.1. The van der Waals surface area contributed by atoms with Gasteiger partial charge in [-0.3, -0.25) is 4.79 Å². The zero-order valence-corrected chi connectivity index (χ0v) is 13.4. The maximum absolute atomic E-state index is 14.5. The molecule has 1 saturated heterocycles. The van der Waals surface area contributed by atoms with Gasteiger partial charge in [-0.15, -0.1) is 0 Å². The third-order valence-electron chi connectivity index (χ3n) is 4.18. The molecule has 1 aliphatic heterocycles. The Labute approximate surface area is 134 Å². The average Bonchev–Trinajstić information content (AvgIpc) is 2.85. The highest BCUT2D eigenvalue weighted by Crippen LogP contribution is 2.19. The van der Waals surface area contributed by atoms with Crippen molar-refractivity contribution in [2.75, 3.05) is 13.1 Å². The number of carbonyl (C=O) groups excluding carboxylic acids is 1. The summed E-state index contributed by atoms with van der Waals surface area (Å²) in [5, 5.41) is 4.28. The van der Waals surface area contributed by atoms with E-state index in [1.54, 1.807) is 21.7 Å². The van der Waals surface area contributed by atoms with Gasteiger partial charge >= 0.3 is 0 Å². The Morgan fingerprint density at radius 2 is 2.13 bits per heavy atom. The molecule has 1 fully saturated rings. The fraction of sp³-hybridized carbons (Fsp3) is 0.412. The zero-order valence-electron chi connectivity index (χ0n) is 13.4. The van der Waals surface area contributed by atoms with E-state index in [0.29, 0.717) is 24.3 Å². The zero-order chi connectivity index (χ0) is 16.6. The Morgan fingerprint density at radius 1 is 1.35 bits per heavy atom. The van der Waals surface area contributed by atoms with Crippen molar-refractivity contribution in [3.05, 3.63) is 47.0 Å². The summed E-state index contributed by atoms with van der Waals surface area (Å²) >= 11 is 0. The smallest absolute Gasteiger partial charge is 0.254 e. The number of hydrogen-bond donors (Lipinski definition) is 1. The molecule has 2 heterocycles. The van der Waals surface area contributed by atoms with E-state index in [1.165, 1.54) is 6.07 Å². The predicted octanol–water partition coefficient (Wildman–Crippen LogP) is 2.19. The third-order valence-corrected chi connectivity index (χ3v) is 4.18. The lowest BCUT2D eigenvalue weighted by Crippen LogP contribution is -2.45. The molecular formula is C17H21FN4O. The van der Waals surface area contributed by atoms with Crippen molar-refractivity contribution in [3.63, 3.8) is 0 Å². The molecular weight excluding hydrogens is 295 g/mol. The standard InChI is InChI=1S/C17H21FN4O/c1-11-8-12(2)22(20-11)16-6-5-13(9-15(16)18)17(23)21-7-3-4-14(19)10-21/h5-6,8-9,14H,3-4,7,10,19H2,1-2H3/t14-/m0/s1. The molecule has 2 aromatic rings. The lowest BCUT2D eigenvalue weighted by Gasteiger charge is -2.30. The maximum Gasteiger partial charge on any atom is 0.254 e. The normalized spacial score (nSPS) is 18.3. The number of piperidine rings is 1. The van der Waals surface area contributed by atoms with Crippen LogP contribution in [0.3, 0.4) is 0 Å². The monoisotopic (exact) mass is 316 g/mol. The Balaban J connectivity index is 1.87. The molecule has 0 spiro atoms. The average molecular weight is 316 g/mol. The van der Waals surface area contributed by atoms with Crippen LogP contribution in [0.1, 0.15) is 34.6 Å². The number of aromatic nitrogens is 2. The molecule has 122 valence electrons. The van der Waals surface area contributed by atoms with Crippen LogP contribution in [0.25, 0.3) is 5.69 Å². The van der Waals surface area contributed by atoms with E-state index in [4.69, 9.17) is 5.73 Å². The molecule has 1 aromatic heterocycles. The minimum Gasteiger partial charge on any atom is -0.337 e. The Hall–Kier alpha value is -2.21. The molecule has 3 rings (SSSR count). The van der Waals surface area contributed by atoms with E-state index in [1.807, 2.05) is 19.9 Å². The van der Waals surface area contributed by atoms with Crippen LogP contribution in [0, 0.1) is 19.7 Å². The summed E-state index contributed by atoms with van der Waals surface area (Å²) in [6.07, 6.45) is 1.81. The Kier molecular flexibility index (Phi) is 4.17.